The molecule has 25 heavy (non-hydrogen) atoms. The number of halogens is 2. The van der Waals surface area contributed by atoms with Gasteiger partial charge in [-0.15, -0.1) is 0 Å². The standard InChI is InChI=1S/C17H15Cl2N3O2S/c18-15-5-6-17(16(19)9-15)25(23,24)21-10-13-3-1-2-4-14(13)11-22-8-7-20-12-22/h1-9,12,21H,10-11H2. The van der Waals surface area contributed by atoms with Crippen molar-refractivity contribution in [1.29, 1.82) is 0 Å². The number of imidazole rings is 1. The van der Waals surface area contributed by atoms with Crippen molar-refractivity contribution in [1.82, 2.24) is 14.3 Å². The summed E-state index contributed by atoms with van der Waals surface area (Å²) in [6.07, 6.45) is 5.27. The number of aromatic nitrogens is 2. The molecule has 1 heterocycles. The molecule has 0 radical (unpaired) electrons. The number of sulfonamides is 1. The van der Waals surface area contributed by atoms with Crippen molar-refractivity contribution in [3.05, 3.63) is 82.4 Å². The summed E-state index contributed by atoms with van der Waals surface area (Å²) in [5.74, 6) is 0. The third-order valence-corrected chi connectivity index (χ3v) is 5.79. The molecule has 0 spiro atoms. The van der Waals surface area contributed by atoms with Crippen molar-refractivity contribution in [3.63, 3.8) is 0 Å². The highest BCUT2D eigenvalue weighted by molar-refractivity contribution is 7.89. The molecule has 0 fully saturated rings. The van der Waals surface area contributed by atoms with Gasteiger partial charge in [-0.3, -0.25) is 0 Å². The van der Waals surface area contributed by atoms with Crippen LogP contribution in [0.2, 0.25) is 10.0 Å². The van der Waals surface area contributed by atoms with Crippen LogP contribution in [0.5, 0.6) is 0 Å². The van der Waals surface area contributed by atoms with E-state index >= 15 is 0 Å². The maximum absolute atomic E-state index is 12.5. The van der Waals surface area contributed by atoms with Gasteiger partial charge in [-0.05, 0) is 29.3 Å². The van der Waals surface area contributed by atoms with E-state index in [2.05, 4.69) is 9.71 Å². The predicted octanol–water partition coefficient (Wildman–Crippen LogP) is 3.72. The SMILES string of the molecule is O=S(=O)(NCc1ccccc1Cn1ccnc1)c1ccc(Cl)cc1Cl. The van der Waals surface area contributed by atoms with Gasteiger partial charge in [0.1, 0.15) is 4.90 Å². The van der Waals surface area contributed by atoms with Crippen LogP contribution in [-0.2, 0) is 23.1 Å². The highest BCUT2D eigenvalue weighted by Gasteiger charge is 2.18. The molecule has 0 unspecified atom stereocenters. The monoisotopic (exact) mass is 395 g/mol. The summed E-state index contributed by atoms with van der Waals surface area (Å²) < 4.78 is 29.5. The lowest BCUT2D eigenvalue weighted by molar-refractivity contribution is 0.581. The number of nitrogens with one attached hydrogen (secondary N) is 1. The number of hydrogen-bond acceptors (Lipinski definition) is 3. The molecule has 3 aromatic rings. The van der Waals surface area contributed by atoms with E-state index in [9.17, 15) is 8.42 Å². The molecule has 1 N–H and O–H groups in total. The Bertz CT molecular complexity index is 973. The van der Waals surface area contributed by atoms with Gasteiger partial charge in [-0.25, -0.2) is 18.1 Å². The van der Waals surface area contributed by atoms with Gasteiger partial charge in [0.05, 0.1) is 11.3 Å². The molecule has 2 aromatic carbocycles. The summed E-state index contributed by atoms with van der Waals surface area (Å²) >= 11 is 11.8. The third kappa shape index (κ3) is 4.41. The molecule has 8 heteroatoms. The third-order valence-electron chi connectivity index (χ3n) is 3.67. The molecular weight excluding hydrogens is 381 g/mol. The average molecular weight is 396 g/mol. The van der Waals surface area contributed by atoms with Gasteiger partial charge in [-0.1, -0.05) is 47.5 Å². The molecule has 5 nitrogen and oxygen atoms in total. The van der Waals surface area contributed by atoms with Crippen molar-refractivity contribution < 1.29 is 8.42 Å². The minimum absolute atomic E-state index is 0.00524. The molecular formula is C17H15Cl2N3O2S. The zero-order chi connectivity index (χ0) is 17.9. The number of rotatable bonds is 6. The molecule has 0 aliphatic heterocycles. The van der Waals surface area contributed by atoms with Crippen LogP contribution in [0.25, 0.3) is 0 Å². The fourth-order valence-electron chi connectivity index (χ4n) is 2.40. The summed E-state index contributed by atoms with van der Waals surface area (Å²) in [4.78, 5) is 4.02. The van der Waals surface area contributed by atoms with Crippen LogP contribution in [-0.4, -0.2) is 18.0 Å². The molecule has 0 saturated heterocycles. The minimum Gasteiger partial charge on any atom is -0.333 e. The van der Waals surface area contributed by atoms with Crippen LogP contribution < -0.4 is 4.72 Å². The number of hydrogen-bond donors (Lipinski definition) is 1. The summed E-state index contributed by atoms with van der Waals surface area (Å²) in [5.41, 5.74) is 1.88. The van der Waals surface area contributed by atoms with Gasteiger partial charge in [0, 0.05) is 30.5 Å². The molecule has 130 valence electrons. The van der Waals surface area contributed by atoms with Crippen LogP contribution >= 0.6 is 23.2 Å². The first-order valence-corrected chi connectivity index (χ1v) is 9.67. The Balaban J connectivity index is 1.79. The smallest absolute Gasteiger partial charge is 0.242 e. The van der Waals surface area contributed by atoms with Crippen molar-refractivity contribution in [2.75, 3.05) is 0 Å². The Morgan fingerprint density at radius 2 is 1.84 bits per heavy atom. The fourth-order valence-corrected chi connectivity index (χ4v) is 4.18. The number of nitrogens with zero attached hydrogens (tertiary/aromatic N) is 2. The van der Waals surface area contributed by atoms with Gasteiger partial charge >= 0.3 is 0 Å². The normalized spacial score (nSPS) is 11.6. The van der Waals surface area contributed by atoms with Crippen molar-refractivity contribution in [2.24, 2.45) is 0 Å². The summed E-state index contributed by atoms with van der Waals surface area (Å²) in [7, 11) is -3.74. The van der Waals surface area contributed by atoms with Gasteiger partial charge in [0.25, 0.3) is 0 Å². The quantitative estimate of drug-likeness (QED) is 0.691. The Kier molecular flexibility index (Phi) is 5.44. The highest BCUT2D eigenvalue weighted by Crippen LogP contribution is 2.25. The summed E-state index contributed by atoms with van der Waals surface area (Å²) in [5, 5.41) is 0.473. The molecule has 3 rings (SSSR count). The highest BCUT2D eigenvalue weighted by atomic mass is 35.5. The molecule has 0 saturated carbocycles. The molecule has 0 aliphatic carbocycles. The fraction of sp³-hybridized carbons (Fsp3) is 0.118. The average Bonchev–Trinajstić information content (AvgIpc) is 3.07. The zero-order valence-corrected chi connectivity index (χ0v) is 15.4. The lowest BCUT2D eigenvalue weighted by atomic mass is 10.1. The zero-order valence-electron chi connectivity index (χ0n) is 13.1. The van der Waals surface area contributed by atoms with E-state index in [1.807, 2.05) is 35.0 Å². The van der Waals surface area contributed by atoms with E-state index < -0.39 is 10.0 Å². The van der Waals surface area contributed by atoms with E-state index in [0.717, 1.165) is 11.1 Å². The lowest BCUT2D eigenvalue weighted by Gasteiger charge is -2.12. The second kappa shape index (κ2) is 7.58. The van der Waals surface area contributed by atoms with E-state index in [1.54, 1.807) is 12.5 Å². The van der Waals surface area contributed by atoms with Crippen LogP contribution in [0, 0.1) is 0 Å². The van der Waals surface area contributed by atoms with Crippen LogP contribution in [0.1, 0.15) is 11.1 Å². The van der Waals surface area contributed by atoms with Crippen molar-refractivity contribution >= 4 is 33.2 Å². The van der Waals surface area contributed by atoms with Crippen molar-refractivity contribution in [3.8, 4) is 0 Å². The van der Waals surface area contributed by atoms with Crippen LogP contribution in [0.15, 0.2) is 66.1 Å². The van der Waals surface area contributed by atoms with Gasteiger partial charge in [-0.2, -0.15) is 0 Å². The van der Waals surface area contributed by atoms with E-state index in [4.69, 9.17) is 23.2 Å². The second-order valence-electron chi connectivity index (χ2n) is 5.40. The molecule has 0 atom stereocenters. The molecule has 0 amide bonds. The van der Waals surface area contributed by atoms with Crippen molar-refractivity contribution in [2.45, 2.75) is 18.0 Å². The Labute approximate surface area is 156 Å². The van der Waals surface area contributed by atoms with Gasteiger partial charge < -0.3 is 4.57 Å². The summed E-state index contributed by atoms with van der Waals surface area (Å²) in [6.45, 7) is 0.770. The predicted molar refractivity (Wildman–Crippen MR) is 98.3 cm³/mol. The van der Waals surface area contributed by atoms with Crippen LogP contribution in [0.3, 0.4) is 0 Å². The second-order valence-corrected chi connectivity index (χ2v) is 7.98. The maximum Gasteiger partial charge on any atom is 0.242 e. The van der Waals surface area contributed by atoms with Gasteiger partial charge in [0.2, 0.25) is 10.0 Å². The summed E-state index contributed by atoms with van der Waals surface area (Å²) in [6, 6.07) is 11.9. The number of benzene rings is 2. The molecule has 0 bridgehead atoms. The molecule has 1 aromatic heterocycles. The maximum atomic E-state index is 12.5. The first-order valence-electron chi connectivity index (χ1n) is 7.43. The first-order chi connectivity index (χ1) is 12.0. The first kappa shape index (κ1) is 17.9. The molecule has 0 aliphatic rings. The van der Waals surface area contributed by atoms with Crippen LogP contribution in [0.4, 0.5) is 0 Å². The van der Waals surface area contributed by atoms with E-state index in [-0.39, 0.29) is 16.5 Å². The largest absolute Gasteiger partial charge is 0.333 e. The van der Waals surface area contributed by atoms with E-state index in [1.165, 1.54) is 18.2 Å². The minimum atomic E-state index is -3.74. The Morgan fingerprint density at radius 1 is 1.08 bits per heavy atom. The Hall–Kier alpha value is -1.86. The van der Waals surface area contributed by atoms with E-state index in [0.29, 0.717) is 11.6 Å². The van der Waals surface area contributed by atoms with Gasteiger partial charge in [0.15, 0.2) is 0 Å². The Morgan fingerprint density at radius 3 is 2.52 bits per heavy atom. The topological polar surface area (TPSA) is 64.0 Å². The lowest BCUT2D eigenvalue weighted by Crippen LogP contribution is -2.24.